The summed E-state index contributed by atoms with van der Waals surface area (Å²) in [4.78, 5) is 18.6. The van der Waals surface area contributed by atoms with Crippen LogP contribution in [0.5, 0.6) is 0 Å². The number of aliphatic hydroxyl groups is 1. The van der Waals surface area contributed by atoms with Gasteiger partial charge < -0.3 is 15.3 Å². The number of hydrogen-bond acceptors (Lipinski definition) is 4. The SMILES string of the molecule is CC(CCO)CNC(=O)c1cc(Cl)nc(N2CCCC2)c1. The molecule has 21 heavy (non-hydrogen) atoms. The van der Waals surface area contributed by atoms with Gasteiger partial charge in [0.25, 0.3) is 5.91 Å². The van der Waals surface area contributed by atoms with Gasteiger partial charge in [-0.25, -0.2) is 4.98 Å². The van der Waals surface area contributed by atoms with E-state index in [0.29, 0.717) is 23.7 Å². The normalized spacial score (nSPS) is 16.0. The molecule has 2 N–H and O–H groups in total. The second-order valence-electron chi connectivity index (χ2n) is 5.56. The van der Waals surface area contributed by atoms with Crippen LogP contribution in [0.3, 0.4) is 0 Å². The zero-order valence-electron chi connectivity index (χ0n) is 12.3. The Balaban J connectivity index is 2.03. The van der Waals surface area contributed by atoms with E-state index in [-0.39, 0.29) is 18.4 Å². The van der Waals surface area contributed by atoms with Gasteiger partial charge in [-0.15, -0.1) is 0 Å². The number of rotatable bonds is 6. The average Bonchev–Trinajstić information content (AvgIpc) is 2.98. The maximum atomic E-state index is 12.2. The molecule has 1 amide bonds. The number of nitrogens with zero attached hydrogens (tertiary/aromatic N) is 2. The minimum absolute atomic E-state index is 0.136. The van der Waals surface area contributed by atoms with Crippen molar-refractivity contribution in [1.29, 1.82) is 0 Å². The molecule has 1 atom stereocenters. The quantitative estimate of drug-likeness (QED) is 0.790. The van der Waals surface area contributed by atoms with Gasteiger partial charge in [0.15, 0.2) is 0 Å². The van der Waals surface area contributed by atoms with Gasteiger partial charge in [0.2, 0.25) is 0 Å². The molecule has 5 nitrogen and oxygen atoms in total. The maximum absolute atomic E-state index is 12.2. The summed E-state index contributed by atoms with van der Waals surface area (Å²) in [6.07, 6.45) is 2.97. The summed E-state index contributed by atoms with van der Waals surface area (Å²) in [5, 5.41) is 12.1. The number of aliphatic hydroxyl groups excluding tert-OH is 1. The van der Waals surface area contributed by atoms with Gasteiger partial charge in [0.1, 0.15) is 11.0 Å². The van der Waals surface area contributed by atoms with E-state index in [4.69, 9.17) is 16.7 Å². The maximum Gasteiger partial charge on any atom is 0.251 e. The fraction of sp³-hybridized carbons (Fsp3) is 0.600. The Labute approximate surface area is 130 Å². The highest BCUT2D eigenvalue weighted by Gasteiger charge is 2.17. The fourth-order valence-corrected chi connectivity index (χ4v) is 2.62. The van der Waals surface area contributed by atoms with E-state index in [2.05, 4.69) is 15.2 Å². The molecule has 1 aromatic rings. The minimum Gasteiger partial charge on any atom is -0.396 e. The Morgan fingerprint density at radius 1 is 1.48 bits per heavy atom. The van der Waals surface area contributed by atoms with Crippen molar-refractivity contribution in [2.75, 3.05) is 31.1 Å². The van der Waals surface area contributed by atoms with Crippen molar-refractivity contribution in [3.05, 3.63) is 22.8 Å². The first-order chi connectivity index (χ1) is 10.1. The summed E-state index contributed by atoms with van der Waals surface area (Å²) in [5.74, 6) is 0.868. The van der Waals surface area contributed by atoms with Crippen LogP contribution in [-0.2, 0) is 0 Å². The lowest BCUT2D eigenvalue weighted by atomic mass is 10.1. The lowest BCUT2D eigenvalue weighted by Gasteiger charge is -2.17. The summed E-state index contributed by atoms with van der Waals surface area (Å²) in [6.45, 7) is 4.59. The molecule has 1 aliphatic rings. The molecule has 2 heterocycles. The van der Waals surface area contributed by atoms with Gasteiger partial charge in [-0.05, 0) is 37.3 Å². The molecule has 1 unspecified atom stereocenters. The van der Waals surface area contributed by atoms with Crippen LogP contribution in [-0.4, -0.2) is 42.2 Å². The van der Waals surface area contributed by atoms with Crippen molar-refractivity contribution in [3.63, 3.8) is 0 Å². The van der Waals surface area contributed by atoms with Crippen molar-refractivity contribution in [3.8, 4) is 0 Å². The van der Waals surface area contributed by atoms with Crippen molar-refractivity contribution >= 4 is 23.3 Å². The Kier molecular flexibility index (Phi) is 5.82. The highest BCUT2D eigenvalue weighted by atomic mass is 35.5. The van der Waals surface area contributed by atoms with Crippen LogP contribution in [0.2, 0.25) is 5.15 Å². The summed E-state index contributed by atoms with van der Waals surface area (Å²) < 4.78 is 0. The second kappa shape index (κ2) is 7.61. The number of nitrogens with one attached hydrogen (secondary N) is 1. The third-order valence-electron chi connectivity index (χ3n) is 3.71. The minimum atomic E-state index is -0.149. The number of carbonyl (C=O) groups is 1. The van der Waals surface area contributed by atoms with Gasteiger partial charge in [0, 0.05) is 31.8 Å². The van der Waals surface area contributed by atoms with Crippen LogP contribution in [0.15, 0.2) is 12.1 Å². The summed E-state index contributed by atoms with van der Waals surface area (Å²) in [7, 11) is 0. The monoisotopic (exact) mass is 311 g/mol. The van der Waals surface area contributed by atoms with Gasteiger partial charge in [0.05, 0.1) is 0 Å². The lowest BCUT2D eigenvalue weighted by Crippen LogP contribution is -2.29. The fourth-order valence-electron chi connectivity index (χ4n) is 2.41. The van der Waals surface area contributed by atoms with Crippen LogP contribution in [0.4, 0.5) is 5.82 Å². The molecule has 1 aliphatic heterocycles. The molecule has 116 valence electrons. The molecule has 0 aromatic carbocycles. The molecule has 0 aliphatic carbocycles. The lowest BCUT2D eigenvalue weighted by molar-refractivity contribution is 0.0945. The standard InChI is InChI=1S/C15H22ClN3O2/c1-11(4-7-20)10-17-15(21)12-8-13(16)18-14(9-12)19-5-2-3-6-19/h8-9,11,20H,2-7,10H2,1H3,(H,17,21). The molecule has 1 saturated heterocycles. The first kappa shape index (κ1) is 16.0. The number of amides is 1. The Morgan fingerprint density at radius 2 is 2.19 bits per heavy atom. The zero-order valence-corrected chi connectivity index (χ0v) is 13.1. The third kappa shape index (κ3) is 4.58. The van der Waals surface area contributed by atoms with Crippen LogP contribution in [0.25, 0.3) is 0 Å². The second-order valence-corrected chi connectivity index (χ2v) is 5.95. The third-order valence-corrected chi connectivity index (χ3v) is 3.90. The number of carbonyl (C=O) groups excluding carboxylic acids is 1. The first-order valence-corrected chi connectivity index (χ1v) is 7.79. The van der Waals surface area contributed by atoms with Crippen LogP contribution in [0.1, 0.15) is 36.5 Å². The number of hydrogen-bond donors (Lipinski definition) is 2. The summed E-state index contributed by atoms with van der Waals surface area (Å²) >= 11 is 6.03. The van der Waals surface area contributed by atoms with Crippen LogP contribution >= 0.6 is 11.6 Å². The van der Waals surface area contributed by atoms with Crippen LogP contribution < -0.4 is 10.2 Å². The Morgan fingerprint density at radius 3 is 2.86 bits per heavy atom. The molecule has 1 aromatic heterocycles. The van der Waals surface area contributed by atoms with E-state index in [9.17, 15) is 4.79 Å². The van der Waals surface area contributed by atoms with Gasteiger partial charge >= 0.3 is 0 Å². The van der Waals surface area contributed by atoms with Crippen molar-refractivity contribution in [2.45, 2.75) is 26.2 Å². The zero-order chi connectivity index (χ0) is 15.2. The highest BCUT2D eigenvalue weighted by Crippen LogP contribution is 2.22. The molecule has 0 radical (unpaired) electrons. The van der Waals surface area contributed by atoms with Crippen molar-refractivity contribution in [1.82, 2.24) is 10.3 Å². The molecule has 0 bridgehead atoms. The van der Waals surface area contributed by atoms with Gasteiger partial charge in [-0.3, -0.25) is 4.79 Å². The van der Waals surface area contributed by atoms with E-state index < -0.39 is 0 Å². The molecule has 0 saturated carbocycles. The predicted molar refractivity (Wildman–Crippen MR) is 83.9 cm³/mol. The number of halogens is 1. The van der Waals surface area contributed by atoms with Gasteiger partial charge in [-0.2, -0.15) is 0 Å². The van der Waals surface area contributed by atoms with E-state index in [0.717, 1.165) is 31.7 Å². The topological polar surface area (TPSA) is 65.5 Å². The largest absolute Gasteiger partial charge is 0.396 e. The smallest absolute Gasteiger partial charge is 0.251 e. The highest BCUT2D eigenvalue weighted by molar-refractivity contribution is 6.29. The van der Waals surface area contributed by atoms with Crippen molar-refractivity contribution in [2.24, 2.45) is 5.92 Å². The van der Waals surface area contributed by atoms with E-state index in [1.807, 2.05) is 6.92 Å². The van der Waals surface area contributed by atoms with E-state index in [1.165, 1.54) is 0 Å². The Bertz CT molecular complexity index is 490. The van der Waals surface area contributed by atoms with Gasteiger partial charge in [-0.1, -0.05) is 18.5 Å². The van der Waals surface area contributed by atoms with Crippen molar-refractivity contribution < 1.29 is 9.90 Å². The van der Waals surface area contributed by atoms with E-state index in [1.54, 1.807) is 12.1 Å². The molecule has 1 fully saturated rings. The van der Waals surface area contributed by atoms with E-state index >= 15 is 0 Å². The molecular weight excluding hydrogens is 290 g/mol. The molecule has 2 rings (SSSR count). The summed E-state index contributed by atoms with van der Waals surface area (Å²) in [5.41, 5.74) is 0.535. The average molecular weight is 312 g/mol. The number of aromatic nitrogens is 1. The number of anilines is 1. The predicted octanol–water partition coefficient (Wildman–Crippen LogP) is 2.08. The first-order valence-electron chi connectivity index (χ1n) is 7.41. The Hall–Kier alpha value is -1.33. The summed E-state index contributed by atoms with van der Waals surface area (Å²) in [6, 6.07) is 3.39. The van der Waals surface area contributed by atoms with Crippen LogP contribution in [0, 0.1) is 5.92 Å². The number of pyridine rings is 1. The molecule has 6 heteroatoms. The molecule has 0 spiro atoms. The molecular formula is C15H22ClN3O2.